The van der Waals surface area contributed by atoms with Crippen molar-refractivity contribution in [1.82, 2.24) is 10.2 Å². The van der Waals surface area contributed by atoms with E-state index in [4.69, 9.17) is 0 Å². The van der Waals surface area contributed by atoms with Gasteiger partial charge in [0, 0.05) is 37.3 Å². The summed E-state index contributed by atoms with van der Waals surface area (Å²) >= 11 is 0. The number of hydrogen-bond acceptors (Lipinski definition) is 4. The molecule has 1 aliphatic heterocycles. The molecule has 0 radical (unpaired) electrons. The Labute approximate surface area is 189 Å². The van der Waals surface area contributed by atoms with Gasteiger partial charge in [0.05, 0.1) is 5.41 Å². The highest BCUT2D eigenvalue weighted by Crippen LogP contribution is 2.14. The number of benzene rings is 2. The topological polar surface area (TPSA) is 95.6 Å². The van der Waals surface area contributed by atoms with E-state index in [0.29, 0.717) is 11.3 Å². The Balaban J connectivity index is 1.47. The molecular weight excluding hydrogens is 426 g/mol. The van der Waals surface area contributed by atoms with E-state index >= 15 is 0 Å². The maximum Gasteiger partial charge on any atom is 0.255 e. The highest BCUT2D eigenvalue weighted by atomic mass is 32.2. The van der Waals surface area contributed by atoms with Crippen molar-refractivity contribution in [3.05, 3.63) is 71.1 Å². The second-order valence-electron chi connectivity index (χ2n) is 7.74. The van der Waals surface area contributed by atoms with Crippen molar-refractivity contribution in [2.75, 3.05) is 24.4 Å². The summed E-state index contributed by atoms with van der Waals surface area (Å²) in [6.45, 7) is 1.86. The van der Waals surface area contributed by atoms with E-state index in [-0.39, 0.29) is 24.8 Å². The predicted molar refractivity (Wildman–Crippen MR) is 126 cm³/mol. The van der Waals surface area contributed by atoms with Crippen molar-refractivity contribution in [2.24, 2.45) is 0 Å². The van der Waals surface area contributed by atoms with Gasteiger partial charge in [-0.2, -0.15) is 0 Å². The van der Waals surface area contributed by atoms with Gasteiger partial charge in [0.15, 0.2) is 0 Å². The van der Waals surface area contributed by atoms with Crippen LogP contribution < -0.4 is 10.0 Å². The quantitative estimate of drug-likeness (QED) is 0.635. The molecule has 2 N–H and O–H groups in total. The number of sulfonamides is 1. The Bertz CT molecular complexity index is 1030. The molecule has 170 valence electrons. The zero-order chi connectivity index (χ0) is 22.8. The fraction of sp³-hybridized carbons (Fsp3) is 0.333. The molecule has 1 aliphatic rings. The molecular formula is C24H29N3O4S. The minimum Gasteiger partial charge on any atom is -0.352 e. The van der Waals surface area contributed by atoms with Gasteiger partial charge in [0.25, 0.3) is 15.9 Å². The molecule has 0 saturated carbocycles. The lowest BCUT2D eigenvalue weighted by Gasteiger charge is -2.20. The lowest BCUT2D eigenvalue weighted by Crippen LogP contribution is -2.35. The van der Waals surface area contributed by atoms with E-state index in [1.54, 1.807) is 24.3 Å². The number of carbonyl (C=O) groups excluding carboxylic acids is 2. The molecule has 8 heteroatoms. The Morgan fingerprint density at radius 2 is 1.56 bits per heavy atom. The smallest absolute Gasteiger partial charge is 0.255 e. The first-order chi connectivity index (χ1) is 15.4. The Kier molecular flexibility index (Phi) is 8.44. The summed E-state index contributed by atoms with van der Waals surface area (Å²) < 4.78 is 26.9. The van der Waals surface area contributed by atoms with Crippen LogP contribution in [-0.4, -0.2) is 44.8 Å². The highest BCUT2D eigenvalue weighted by molar-refractivity contribution is 7.95. The molecule has 1 saturated heterocycles. The summed E-state index contributed by atoms with van der Waals surface area (Å²) in [5.74, 6) is -0.229. The maximum absolute atomic E-state index is 12.3. The second-order valence-corrected chi connectivity index (χ2v) is 9.31. The van der Waals surface area contributed by atoms with Gasteiger partial charge in [0.2, 0.25) is 5.91 Å². The molecule has 32 heavy (non-hydrogen) atoms. The van der Waals surface area contributed by atoms with Gasteiger partial charge in [0.1, 0.15) is 0 Å². The van der Waals surface area contributed by atoms with Crippen molar-refractivity contribution in [2.45, 2.75) is 32.1 Å². The molecule has 0 aromatic heterocycles. The third-order valence-electron chi connectivity index (χ3n) is 5.23. The van der Waals surface area contributed by atoms with E-state index < -0.39 is 10.0 Å². The SMILES string of the molecule is O=C(NCCC(=O)N1CCCCCC1)c1ccc(NS(=O)(=O)/C=C/c2ccccc2)cc1. The van der Waals surface area contributed by atoms with Gasteiger partial charge in [-0.1, -0.05) is 43.2 Å². The first-order valence-corrected chi connectivity index (χ1v) is 12.4. The van der Waals surface area contributed by atoms with Crippen LogP contribution in [0.4, 0.5) is 5.69 Å². The summed E-state index contributed by atoms with van der Waals surface area (Å²) in [4.78, 5) is 26.5. The molecule has 0 aliphatic carbocycles. The number of nitrogens with zero attached hydrogens (tertiary/aromatic N) is 1. The highest BCUT2D eigenvalue weighted by Gasteiger charge is 2.15. The molecule has 2 aromatic rings. The van der Waals surface area contributed by atoms with Crippen molar-refractivity contribution in [3.63, 3.8) is 0 Å². The van der Waals surface area contributed by atoms with Crippen molar-refractivity contribution in [3.8, 4) is 0 Å². The molecule has 0 bridgehead atoms. The van der Waals surface area contributed by atoms with Gasteiger partial charge in [-0.05, 0) is 48.7 Å². The van der Waals surface area contributed by atoms with E-state index in [1.807, 2.05) is 23.1 Å². The van der Waals surface area contributed by atoms with Gasteiger partial charge in [-0.15, -0.1) is 0 Å². The van der Waals surface area contributed by atoms with Crippen molar-refractivity contribution < 1.29 is 18.0 Å². The fourth-order valence-electron chi connectivity index (χ4n) is 3.48. The molecule has 1 heterocycles. The molecule has 3 rings (SSSR count). The average Bonchev–Trinajstić information content (AvgIpc) is 3.08. The summed E-state index contributed by atoms with van der Waals surface area (Å²) in [6, 6.07) is 15.3. The third kappa shape index (κ3) is 7.53. The van der Waals surface area contributed by atoms with Crippen LogP contribution in [0.2, 0.25) is 0 Å². The molecule has 1 fully saturated rings. The van der Waals surface area contributed by atoms with Crippen molar-refractivity contribution in [1.29, 1.82) is 0 Å². The van der Waals surface area contributed by atoms with Gasteiger partial charge >= 0.3 is 0 Å². The molecule has 0 spiro atoms. The van der Waals surface area contributed by atoms with Crippen LogP contribution in [0.3, 0.4) is 0 Å². The summed E-state index contributed by atoms with van der Waals surface area (Å²) in [5, 5.41) is 3.86. The molecule has 0 atom stereocenters. The maximum atomic E-state index is 12.3. The molecule has 7 nitrogen and oxygen atoms in total. The lowest BCUT2D eigenvalue weighted by atomic mass is 10.2. The van der Waals surface area contributed by atoms with Crippen LogP contribution in [0.1, 0.15) is 48.0 Å². The van der Waals surface area contributed by atoms with E-state index in [9.17, 15) is 18.0 Å². The number of nitrogens with one attached hydrogen (secondary N) is 2. The van der Waals surface area contributed by atoms with Crippen LogP contribution >= 0.6 is 0 Å². The van der Waals surface area contributed by atoms with Crippen molar-refractivity contribution >= 4 is 33.6 Å². The van der Waals surface area contributed by atoms with Gasteiger partial charge in [-0.25, -0.2) is 8.42 Å². The van der Waals surface area contributed by atoms with Crippen LogP contribution in [0.15, 0.2) is 60.0 Å². The lowest BCUT2D eigenvalue weighted by molar-refractivity contribution is -0.131. The van der Waals surface area contributed by atoms with Crippen LogP contribution in [0.25, 0.3) is 6.08 Å². The fourth-order valence-corrected chi connectivity index (χ4v) is 4.35. The van der Waals surface area contributed by atoms with E-state index in [0.717, 1.165) is 49.7 Å². The predicted octanol–water partition coefficient (Wildman–Crippen LogP) is 3.62. The number of likely N-dealkylation sites (tertiary alicyclic amines) is 1. The van der Waals surface area contributed by atoms with Gasteiger partial charge < -0.3 is 10.2 Å². The second kappa shape index (κ2) is 11.5. The summed E-state index contributed by atoms with van der Waals surface area (Å²) in [5.41, 5.74) is 1.53. The standard InChI is InChI=1S/C24H29N3O4S/c28-23(27-17-6-1-2-7-18-27)14-16-25-24(29)21-10-12-22(13-11-21)26-32(30,31)19-15-20-8-4-3-5-9-20/h3-5,8-13,15,19,26H,1-2,6-7,14,16-18H2,(H,25,29)/b19-15+. The molecule has 0 unspecified atom stereocenters. The number of anilines is 1. The van der Waals surface area contributed by atoms with Gasteiger partial charge in [-0.3, -0.25) is 14.3 Å². The summed E-state index contributed by atoms with van der Waals surface area (Å²) in [7, 11) is -3.68. The van der Waals surface area contributed by atoms with Crippen LogP contribution in [0, 0.1) is 0 Å². The zero-order valence-electron chi connectivity index (χ0n) is 18.0. The number of amides is 2. The van der Waals surface area contributed by atoms with E-state index in [2.05, 4.69) is 10.0 Å². The first kappa shape index (κ1) is 23.5. The number of carbonyl (C=O) groups is 2. The van der Waals surface area contributed by atoms with Crippen LogP contribution in [-0.2, 0) is 14.8 Å². The van der Waals surface area contributed by atoms with E-state index in [1.165, 1.54) is 18.2 Å². The minimum atomic E-state index is -3.68. The average molecular weight is 456 g/mol. The first-order valence-electron chi connectivity index (χ1n) is 10.8. The molecule has 2 amide bonds. The Morgan fingerprint density at radius 1 is 0.906 bits per heavy atom. The number of rotatable bonds is 8. The third-order valence-corrected chi connectivity index (χ3v) is 6.24. The number of hydrogen-bond donors (Lipinski definition) is 2. The van der Waals surface area contributed by atoms with Crippen LogP contribution in [0.5, 0.6) is 0 Å². The Morgan fingerprint density at radius 3 is 2.22 bits per heavy atom. The molecule has 2 aromatic carbocycles. The normalized spacial score (nSPS) is 14.7. The monoisotopic (exact) mass is 455 g/mol. The zero-order valence-corrected chi connectivity index (χ0v) is 18.8. The Hall–Kier alpha value is -3.13. The minimum absolute atomic E-state index is 0.0699. The largest absolute Gasteiger partial charge is 0.352 e. The summed E-state index contributed by atoms with van der Waals surface area (Å²) in [6.07, 6.45) is 6.19.